The van der Waals surface area contributed by atoms with Crippen molar-refractivity contribution in [2.45, 2.75) is 111 Å². The van der Waals surface area contributed by atoms with Gasteiger partial charge in [-0.25, -0.2) is 0 Å². The topological polar surface area (TPSA) is 72.8 Å². The molecule has 2 spiro atoms. The third-order valence-corrected chi connectivity index (χ3v) is 12.8. The Labute approximate surface area is 198 Å². The number of ether oxygens (including phenoxy) is 2. The number of esters is 2. The van der Waals surface area contributed by atoms with E-state index < -0.39 is 0 Å². The Bertz CT molecular complexity index is 912. The Morgan fingerprint density at radius 1 is 1.06 bits per heavy atom. The molecule has 184 valence electrons. The monoisotopic (exact) mass is 458 g/mol. The molecule has 5 nitrogen and oxygen atoms in total. The second-order valence-electron chi connectivity index (χ2n) is 14.0. The standard InChI is InChI=1S/C28H42O5/c1-15-11-22(31)33-17-12-25(5)19-8-7-18-24(3,4)20(30)9-10-27(18)14-28(19,27)13-21(32-16(2)29)26(25,6)23(15)17/h15,17-21,23,30H,7-14H2,1-6H3. The molecule has 0 amide bonds. The van der Waals surface area contributed by atoms with Crippen molar-refractivity contribution in [3.05, 3.63) is 0 Å². The maximum absolute atomic E-state index is 12.4. The van der Waals surface area contributed by atoms with Gasteiger partial charge in [-0.2, -0.15) is 0 Å². The number of hydrogen-bond donors (Lipinski definition) is 1. The average molecular weight is 459 g/mol. The van der Waals surface area contributed by atoms with E-state index in [1.165, 1.54) is 19.3 Å². The zero-order valence-electron chi connectivity index (χ0n) is 21.3. The largest absolute Gasteiger partial charge is 0.462 e. The molecular weight excluding hydrogens is 416 g/mol. The van der Waals surface area contributed by atoms with E-state index in [2.05, 4.69) is 34.6 Å². The summed E-state index contributed by atoms with van der Waals surface area (Å²) in [6.45, 7) is 13.1. The SMILES string of the molecule is CC(=O)OC1CC23CC24CCC(O)C(C)(C)C4CCC3C2(C)CC3OC(=O)CC(C)C3C12C. The highest BCUT2D eigenvalue weighted by molar-refractivity contribution is 5.71. The second-order valence-corrected chi connectivity index (χ2v) is 14.0. The number of aliphatic hydroxyl groups excluding tert-OH is 1. The molecule has 1 N–H and O–H groups in total. The van der Waals surface area contributed by atoms with E-state index in [9.17, 15) is 14.7 Å². The van der Waals surface area contributed by atoms with E-state index in [0.717, 1.165) is 25.7 Å². The molecule has 5 saturated carbocycles. The summed E-state index contributed by atoms with van der Waals surface area (Å²) in [5, 5.41) is 10.9. The Hall–Kier alpha value is -1.10. The molecule has 0 aromatic heterocycles. The summed E-state index contributed by atoms with van der Waals surface area (Å²) < 4.78 is 12.3. The number of aliphatic hydroxyl groups is 1. The van der Waals surface area contributed by atoms with Crippen molar-refractivity contribution in [2.24, 2.45) is 50.7 Å². The van der Waals surface area contributed by atoms with E-state index in [1.54, 1.807) is 6.92 Å². The normalized spacial score (nSPS) is 58.0. The van der Waals surface area contributed by atoms with Crippen LogP contribution in [0.4, 0.5) is 0 Å². The maximum Gasteiger partial charge on any atom is 0.306 e. The van der Waals surface area contributed by atoms with Crippen LogP contribution in [0.25, 0.3) is 0 Å². The smallest absolute Gasteiger partial charge is 0.306 e. The molecule has 6 rings (SSSR count). The highest BCUT2D eigenvalue weighted by atomic mass is 16.6. The first-order valence-electron chi connectivity index (χ1n) is 13.4. The van der Waals surface area contributed by atoms with Crippen LogP contribution in [0.5, 0.6) is 0 Å². The highest BCUT2D eigenvalue weighted by Gasteiger charge is 2.85. The quantitative estimate of drug-likeness (QED) is 0.567. The number of rotatable bonds is 1. The maximum atomic E-state index is 12.4. The van der Waals surface area contributed by atoms with Gasteiger partial charge in [0, 0.05) is 24.7 Å². The third kappa shape index (κ3) is 2.39. The molecular formula is C28H42O5. The number of carbonyl (C=O) groups is 2. The molecule has 1 aliphatic heterocycles. The van der Waals surface area contributed by atoms with Crippen LogP contribution in [0, 0.1) is 50.7 Å². The van der Waals surface area contributed by atoms with E-state index in [-0.39, 0.29) is 69.2 Å². The molecule has 0 bridgehead atoms. The highest BCUT2D eigenvalue weighted by Crippen LogP contribution is 2.89. The van der Waals surface area contributed by atoms with Gasteiger partial charge in [-0.15, -0.1) is 0 Å². The first-order chi connectivity index (χ1) is 15.3. The fourth-order valence-corrected chi connectivity index (χ4v) is 11.5. The molecule has 11 atom stereocenters. The van der Waals surface area contributed by atoms with Crippen LogP contribution in [0.15, 0.2) is 0 Å². The minimum Gasteiger partial charge on any atom is -0.462 e. The zero-order chi connectivity index (χ0) is 23.8. The summed E-state index contributed by atoms with van der Waals surface area (Å²) in [5.74, 6) is 1.30. The number of carbonyl (C=O) groups excluding carboxylic acids is 2. The molecule has 0 aromatic carbocycles. The van der Waals surface area contributed by atoms with Gasteiger partial charge in [-0.05, 0) is 84.4 Å². The van der Waals surface area contributed by atoms with E-state index in [4.69, 9.17) is 9.47 Å². The zero-order valence-corrected chi connectivity index (χ0v) is 21.3. The summed E-state index contributed by atoms with van der Waals surface area (Å²) in [5.41, 5.74) is 0.146. The van der Waals surface area contributed by atoms with Crippen molar-refractivity contribution in [2.75, 3.05) is 0 Å². The Morgan fingerprint density at radius 3 is 2.45 bits per heavy atom. The van der Waals surface area contributed by atoms with Gasteiger partial charge in [0.25, 0.3) is 0 Å². The van der Waals surface area contributed by atoms with E-state index in [1.807, 2.05) is 0 Å². The molecule has 0 aromatic rings. The molecule has 6 fully saturated rings. The second kappa shape index (κ2) is 6.36. The molecule has 33 heavy (non-hydrogen) atoms. The van der Waals surface area contributed by atoms with Crippen molar-refractivity contribution in [3.63, 3.8) is 0 Å². The Morgan fingerprint density at radius 2 is 1.76 bits per heavy atom. The van der Waals surface area contributed by atoms with Gasteiger partial charge in [0.05, 0.1) is 6.10 Å². The van der Waals surface area contributed by atoms with Crippen LogP contribution in [0.1, 0.15) is 92.9 Å². The summed E-state index contributed by atoms with van der Waals surface area (Å²) >= 11 is 0. The molecule has 1 heterocycles. The lowest BCUT2D eigenvalue weighted by molar-refractivity contribution is -0.221. The Kier molecular flexibility index (Phi) is 4.31. The van der Waals surface area contributed by atoms with Crippen LogP contribution in [-0.2, 0) is 19.1 Å². The average Bonchev–Trinajstić information content (AvgIpc) is 3.28. The fraction of sp³-hybridized carbons (Fsp3) is 0.929. The number of fused-ring (bicyclic) bond motifs is 4. The van der Waals surface area contributed by atoms with Crippen LogP contribution in [0.2, 0.25) is 0 Å². The molecule has 1 saturated heterocycles. The predicted molar refractivity (Wildman–Crippen MR) is 123 cm³/mol. The summed E-state index contributed by atoms with van der Waals surface area (Å²) in [6.07, 6.45) is 7.38. The van der Waals surface area contributed by atoms with Gasteiger partial charge in [0.15, 0.2) is 0 Å². The van der Waals surface area contributed by atoms with E-state index in [0.29, 0.717) is 18.3 Å². The lowest BCUT2D eigenvalue weighted by Crippen LogP contribution is -2.63. The first-order valence-corrected chi connectivity index (χ1v) is 13.4. The lowest BCUT2D eigenvalue weighted by Gasteiger charge is -2.64. The van der Waals surface area contributed by atoms with Gasteiger partial charge < -0.3 is 14.6 Å². The van der Waals surface area contributed by atoms with Crippen LogP contribution >= 0.6 is 0 Å². The van der Waals surface area contributed by atoms with Gasteiger partial charge in [0.2, 0.25) is 0 Å². The van der Waals surface area contributed by atoms with Gasteiger partial charge in [-0.1, -0.05) is 34.6 Å². The van der Waals surface area contributed by atoms with Crippen molar-refractivity contribution in [3.8, 4) is 0 Å². The molecule has 0 radical (unpaired) electrons. The molecule has 5 aliphatic carbocycles. The molecule has 6 aliphatic rings. The minimum atomic E-state index is -0.231. The van der Waals surface area contributed by atoms with Crippen molar-refractivity contribution < 1.29 is 24.2 Å². The van der Waals surface area contributed by atoms with Crippen molar-refractivity contribution in [1.82, 2.24) is 0 Å². The van der Waals surface area contributed by atoms with Gasteiger partial charge >= 0.3 is 11.9 Å². The summed E-state index contributed by atoms with van der Waals surface area (Å²) in [6, 6.07) is 0. The van der Waals surface area contributed by atoms with Crippen LogP contribution in [0.3, 0.4) is 0 Å². The van der Waals surface area contributed by atoms with Gasteiger partial charge in [0.1, 0.15) is 12.2 Å². The fourth-order valence-electron chi connectivity index (χ4n) is 11.5. The number of hydrogen-bond acceptors (Lipinski definition) is 5. The third-order valence-electron chi connectivity index (χ3n) is 12.8. The van der Waals surface area contributed by atoms with Crippen LogP contribution < -0.4 is 0 Å². The minimum absolute atomic E-state index is 0.0335. The summed E-state index contributed by atoms with van der Waals surface area (Å²) in [4.78, 5) is 24.8. The predicted octanol–water partition coefficient (Wildman–Crippen LogP) is 4.89. The lowest BCUT2D eigenvalue weighted by atomic mass is 9.41. The van der Waals surface area contributed by atoms with Crippen molar-refractivity contribution >= 4 is 11.9 Å². The molecule has 5 heteroatoms. The Balaban J connectivity index is 1.47. The van der Waals surface area contributed by atoms with Gasteiger partial charge in [-0.3, -0.25) is 9.59 Å². The summed E-state index contributed by atoms with van der Waals surface area (Å²) in [7, 11) is 0. The molecule has 11 unspecified atom stereocenters. The van der Waals surface area contributed by atoms with Crippen molar-refractivity contribution in [1.29, 1.82) is 0 Å². The van der Waals surface area contributed by atoms with Crippen LogP contribution in [-0.4, -0.2) is 35.4 Å². The first kappa shape index (κ1) is 22.4. The van der Waals surface area contributed by atoms with E-state index >= 15 is 0 Å².